The maximum Gasteiger partial charge on any atom is 0.254 e. The highest BCUT2D eigenvalue weighted by atomic mass is 16.5. The van der Waals surface area contributed by atoms with Crippen LogP contribution in [0.5, 0.6) is 0 Å². The number of amides is 1. The molecule has 2 aromatic heterocycles. The van der Waals surface area contributed by atoms with Gasteiger partial charge in [-0.25, -0.2) is 4.52 Å². The van der Waals surface area contributed by atoms with Gasteiger partial charge < -0.3 is 14.7 Å². The van der Waals surface area contributed by atoms with Crippen molar-refractivity contribution in [1.82, 2.24) is 14.5 Å². The number of aromatic nitrogens is 2. The predicted octanol–water partition coefficient (Wildman–Crippen LogP) is 2.22. The Morgan fingerprint density at radius 3 is 2.77 bits per heavy atom. The molecule has 6 heteroatoms. The smallest absolute Gasteiger partial charge is 0.254 e. The Labute approximate surface area is 151 Å². The van der Waals surface area contributed by atoms with Gasteiger partial charge in [-0.2, -0.15) is 5.10 Å². The van der Waals surface area contributed by atoms with E-state index < -0.39 is 6.10 Å². The van der Waals surface area contributed by atoms with E-state index in [4.69, 9.17) is 4.74 Å². The fourth-order valence-corrected chi connectivity index (χ4v) is 3.47. The van der Waals surface area contributed by atoms with Crippen molar-refractivity contribution in [2.24, 2.45) is 0 Å². The van der Waals surface area contributed by atoms with Gasteiger partial charge in [-0.3, -0.25) is 4.79 Å². The number of rotatable bonds is 4. The molecule has 1 aliphatic heterocycles. The van der Waals surface area contributed by atoms with Crippen LogP contribution in [0.25, 0.3) is 16.6 Å². The molecule has 0 unspecified atom stereocenters. The van der Waals surface area contributed by atoms with Gasteiger partial charge in [-0.1, -0.05) is 18.2 Å². The molecule has 2 atom stereocenters. The largest absolute Gasteiger partial charge is 0.388 e. The van der Waals surface area contributed by atoms with E-state index in [9.17, 15) is 9.90 Å². The number of fused-ring (bicyclic) bond motifs is 1. The van der Waals surface area contributed by atoms with Crippen LogP contribution >= 0.6 is 0 Å². The molecular weight excluding hydrogens is 330 g/mol. The normalized spacial score (nSPS) is 19.8. The molecule has 1 aromatic carbocycles. The molecule has 134 valence electrons. The number of hydrogen-bond donors (Lipinski definition) is 1. The summed E-state index contributed by atoms with van der Waals surface area (Å²) >= 11 is 0. The predicted molar refractivity (Wildman–Crippen MR) is 98.0 cm³/mol. The molecule has 6 nitrogen and oxygen atoms in total. The lowest BCUT2D eigenvalue weighted by Gasteiger charge is -2.28. The van der Waals surface area contributed by atoms with E-state index in [0.29, 0.717) is 18.7 Å². The number of hydrogen-bond acceptors (Lipinski definition) is 4. The highest BCUT2D eigenvalue weighted by molar-refractivity contribution is 5.95. The van der Waals surface area contributed by atoms with Crippen LogP contribution in [0.4, 0.5) is 0 Å². The molecule has 1 amide bonds. The fraction of sp³-hybridized carbons (Fsp3) is 0.300. The van der Waals surface area contributed by atoms with Crippen molar-refractivity contribution in [3.05, 3.63) is 60.4 Å². The Morgan fingerprint density at radius 2 is 2.08 bits per heavy atom. The number of ether oxygens (including phenoxy) is 1. The number of likely N-dealkylation sites (N-methyl/N-ethyl adjacent to an activating group) is 1. The summed E-state index contributed by atoms with van der Waals surface area (Å²) < 4.78 is 7.12. The highest BCUT2D eigenvalue weighted by Gasteiger charge is 2.34. The van der Waals surface area contributed by atoms with Crippen LogP contribution in [0.15, 0.2) is 54.9 Å². The van der Waals surface area contributed by atoms with E-state index in [1.807, 2.05) is 66.3 Å². The van der Waals surface area contributed by atoms with E-state index >= 15 is 0 Å². The molecule has 3 heterocycles. The van der Waals surface area contributed by atoms with Crippen LogP contribution in [-0.2, 0) is 4.74 Å². The quantitative estimate of drug-likeness (QED) is 0.783. The third-order valence-electron chi connectivity index (χ3n) is 4.89. The lowest BCUT2D eigenvalue weighted by Crippen LogP contribution is -2.46. The summed E-state index contributed by atoms with van der Waals surface area (Å²) in [5.74, 6) is -0.0894. The average molecular weight is 351 g/mol. The van der Waals surface area contributed by atoms with Gasteiger partial charge in [0.1, 0.15) is 0 Å². The van der Waals surface area contributed by atoms with Crippen LogP contribution in [0.3, 0.4) is 0 Å². The topological polar surface area (TPSA) is 67.1 Å². The van der Waals surface area contributed by atoms with Gasteiger partial charge in [0.25, 0.3) is 5.91 Å². The molecule has 0 spiro atoms. The van der Waals surface area contributed by atoms with Gasteiger partial charge >= 0.3 is 0 Å². The Bertz CT molecular complexity index is 919. The van der Waals surface area contributed by atoms with Crippen LogP contribution in [0, 0.1) is 0 Å². The van der Waals surface area contributed by atoms with Crippen molar-refractivity contribution in [3.63, 3.8) is 0 Å². The van der Waals surface area contributed by atoms with Crippen LogP contribution in [0.1, 0.15) is 17.3 Å². The van der Waals surface area contributed by atoms with Crippen molar-refractivity contribution < 1.29 is 14.6 Å². The molecule has 26 heavy (non-hydrogen) atoms. The molecule has 4 rings (SSSR count). The summed E-state index contributed by atoms with van der Waals surface area (Å²) in [7, 11) is 0. The first-order valence-corrected chi connectivity index (χ1v) is 8.78. The van der Waals surface area contributed by atoms with Crippen molar-refractivity contribution in [3.8, 4) is 11.1 Å². The minimum Gasteiger partial charge on any atom is -0.388 e. The van der Waals surface area contributed by atoms with Crippen molar-refractivity contribution in [1.29, 1.82) is 0 Å². The second-order valence-corrected chi connectivity index (χ2v) is 6.43. The Morgan fingerprint density at radius 1 is 1.27 bits per heavy atom. The SMILES string of the molecule is CCN(C(=O)c1ccc(-c2cnn3ccccc23)cc1)[C@H]1COC[C@@H]1O. The lowest BCUT2D eigenvalue weighted by molar-refractivity contribution is 0.0520. The summed E-state index contributed by atoms with van der Waals surface area (Å²) in [5.41, 5.74) is 3.66. The number of aliphatic hydroxyl groups is 1. The molecule has 1 fully saturated rings. The molecule has 1 N–H and O–H groups in total. The summed E-state index contributed by atoms with van der Waals surface area (Å²) in [4.78, 5) is 14.5. The van der Waals surface area contributed by atoms with Gasteiger partial charge in [-0.05, 0) is 36.8 Å². The second-order valence-electron chi connectivity index (χ2n) is 6.43. The van der Waals surface area contributed by atoms with Gasteiger partial charge in [0.2, 0.25) is 0 Å². The summed E-state index contributed by atoms with van der Waals surface area (Å²) in [5, 5.41) is 14.4. The zero-order valence-electron chi connectivity index (χ0n) is 14.6. The highest BCUT2D eigenvalue weighted by Crippen LogP contribution is 2.25. The Hall–Kier alpha value is -2.70. The molecular formula is C20H21N3O3. The van der Waals surface area contributed by atoms with Gasteiger partial charge in [0, 0.05) is 23.9 Å². The lowest BCUT2D eigenvalue weighted by atomic mass is 10.0. The maximum atomic E-state index is 12.9. The van der Waals surface area contributed by atoms with E-state index in [1.54, 1.807) is 4.90 Å². The number of nitrogens with zero attached hydrogens (tertiary/aromatic N) is 3. The van der Waals surface area contributed by atoms with Crippen molar-refractivity contribution >= 4 is 11.4 Å². The number of carbonyl (C=O) groups is 1. The van der Waals surface area contributed by atoms with Crippen molar-refractivity contribution in [2.75, 3.05) is 19.8 Å². The molecule has 0 saturated carbocycles. The number of aliphatic hydroxyl groups excluding tert-OH is 1. The summed E-state index contributed by atoms with van der Waals surface area (Å²) in [6.07, 6.45) is 3.11. The first-order chi connectivity index (χ1) is 12.7. The average Bonchev–Trinajstić information content (AvgIpc) is 3.29. The minimum absolute atomic E-state index is 0.0894. The maximum absolute atomic E-state index is 12.9. The molecule has 3 aromatic rings. The molecule has 0 aliphatic carbocycles. The third-order valence-corrected chi connectivity index (χ3v) is 4.89. The van der Waals surface area contributed by atoms with Gasteiger partial charge in [0.05, 0.1) is 37.1 Å². The number of carbonyl (C=O) groups excluding carboxylic acids is 1. The van der Waals surface area contributed by atoms with Crippen LogP contribution in [-0.4, -0.2) is 57.4 Å². The van der Waals surface area contributed by atoms with Gasteiger partial charge in [0.15, 0.2) is 0 Å². The first kappa shape index (κ1) is 16.8. The monoisotopic (exact) mass is 351 g/mol. The van der Waals surface area contributed by atoms with E-state index in [2.05, 4.69) is 5.10 Å². The third kappa shape index (κ3) is 2.87. The standard InChI is InChI=1S/C20H21N3O3/c1-2-22(18-12-26-13-19(18)24)20(25)15-8-6-14(7-9-15)16-11-21-23-10-4-3-5-17(16)23/h3-11,18-19,24H,2,12-13H2,1H3/t18-,19-/m0/s1. The van der Waals surface area contributed by atoms with E-state index in [0.717, 1.165) is 16.6 Å². The Balaban J connectivity index is 1.60. The van der Waals surface area contributed by atoms with Gasteiger partial charge in [-0.15, -0.1) is 0 Å². The van der Waals surface area contributed by atoms with Crippen LogP contribution < -0.4 is 0 Å². The van der Waals surface area contributed by atoms with Crippen molar-refractivity contribution in [2.45, 2.75) is 19.1 Å². The van der Waals surface area contributed by atoms with Crippen LogP contribution in [0.2, 0.25) is 0 Å². The summed E-state index contributed by atoms with van der Waals surface area (Å²) in [6.45, 7) is 3.10. The second kappa shape index (κ2) is 6.90. The molecule has 0 radical (unpaired) electrons. The fourth-order valence-electron chi connectivity index (χ4n) is 3.47. The first-order valence-electron chi connectivity index (χ1n) is 8.78. The number of pyridine rings is 1. The molecule has 1 aliphatic rings. The van der Waals surface area contributed by atoms with E-state index in [1.165, 1.54) is 0 Å². The zero-order chi connectivity index (χ0) is 18.1. The summed E-state index contributed by atoms with van der Waals surface area (Å²) in [6, 6.07) is 13.2. The van der Waals surface area contributed by atoms with E-state index in [-0.39, 0.29) is 18.6 Å². The minimum atomic E-state index is -0.628. The molecule has 1 saturated heterocycles. The molecule has 0 bridgehead atoms. The Kier molecular flexibility index (Phi) is 4.44. The zero-order valence-corrected chi connectivity index (χ0v) is 14.6. The number of benzene rings is 1.